The van der Waals surface area contributed by atoms with E-state index >= 15 is 0 Å². The van der Waals surface area contributed by atoms with Crippen LogP contribution in [0, 0.1) is 11.3 Å². The third-order valence-electron chi connectivity index (χ3n) is 2.77. The van der Waals surface area contributed by atoms with Gasteiger partial charge in [0.15, 0.2) is 5.69 Å². The second-order valence-electron chi connectivity index (χ2n) is 4.07. The first-order valence-corrected chi connectivity index (χ1v) is 6.13. The Bertz CT molecular complexity index is 653. The van der Waals surface area contributed by atoms with Crippen molar-refractivity contribution >= 4 is 11.8 Å². The van der Waals surface area contributed by atoms with Gasteiger partial charge in [-0.2, -0.15) is 5.26 Å². The smallest absolute Gasteiger partial charge is 0.360 e. The summed E-state index contributed by atoms with van der Waals surface area (Å²) in [6, 6.07) is 9.39. The van der Waals surface area contributed by atoms with E-state index < -0.39 is 5.97 Å². The Kier molecular flexibility index (Phi) is 4.01. The fourth-order valence-electron chi connectivity index (χ4n) is 1.79. The molecule has 102 valence electrons. The number of benzene rings is 1. The quantitative estimate of drug-likeness (QED) is 0.853. The molecule has 0 atom stereocenters. The van der Waals surface area contributed by atoms with E-state index in [0.29, 0.717) is 6.42 Å². The van der Waals surface area contributed by atoms with Crippen LogP contribution in [-0.2, 0) is 11.2 Å². The predicted molar refractivity (Wildman–Crippen MR) is 73.2 cm³/mol. The largest absolute Gasteiger partial charge is 0.461 e. The summed E-state index contributed by atoms with van der Waals surface area (Å²) < 4.78 is 6.48. The summed E-state index contributed by atoms with van der Waals surface area (Å²) in [6.45, 7) is 1.99. The van der Waals surface area contributed by atoms with Crippen molar-refractivity contribution in [1.82, 2.24) is 9.55 Å². The number of nitrogen functional groups attached to an aromatic ring is 1. The van der Waals surface area contributed by atoms with Gasteiger partial charge in [-0.25, -0.2) is 9.78 Å². The Morgan fingerprint density at radius 2 is 2.15 bits per heavy atom. The molecular weight excluding hydrogens is 256 g/mol. The highest BCUT2D eigenvalue weighted by molar-refractivity contribution is 5.92. The standard InChI is InChI=1S/C14H14N4O2/c1-2-20-14(19)12-13(16)18(9-17-12)11-5-3-10(4-6-11)7-8-15/h3-6,9H,2,7,16H2,1H3. The van der Waals surface area contributed by atoms with Crippen molar-refractivity contribution in [2.75, 3.05) is 12.3 Å². The number of hydrogen-bond donors (Lipinski definition) is 1. The molecule has 0 unspecified atom stereocenters. The van der Waals surface area contributed by atoms with E-state index in [4.69, 9.17) is 15.7 Å². The van der Waals surface area contributed by atoms with Crippen LogP contribution in [0.15, 0.2) is 30.6 Å². The van der Waals surface area contributed by atoms with Crippen molar-refractivity contribution in [1.29, 1.82) is 5.26 Å². The second kappa shape index (κ2) is 5.89. The molecule has 0 aliphatic heterocycles. The molecule has 0 saturated carbocycles. The summed E-state index contributed by atoms with van der Waals surface area (Å²) in [5.74, 6) is -0.304. The van der Waals surface area contributed by atoms with Gasteiger partial charge in [-0.1, -0.05) is 12.1 Å². The maximum Gasteiger partial charge on any atom is 0.360 e. The van der Waals surface area contributed by atoms with Crippen LogP contribution in [0.3, 0.4) is 0 Å². The fraction of sp³-hybridized carbons (Fsp3) is 0.214. The molecule has 0 aliphatic carbocycles. The minimum atomic E-state index is -0.537. The third kappa shape index (κ3) is 2.62. The van der Waals surface area contributed by atoms with E-state index in [9.17, 15) is 4.79 Å². The van der Waals surface area contributed by atoms with Gasteiger partial charge in [0.25, 0.3) is 0 Å². The number of carbonyl (C=O) groups is 1. The van der Waals surface area contributed by atoms with Crippen molar-refractivity contribution in [3.63, 3.8) is 0 Å². The van der Waals surface area contributed by atoms with Crippen LogP contribution in [0.1, 0.15) is 23.0 Å². The molecular formula is C14H14N4O2. The zero-order chi connectivity index (χ0) is 14.5. The first-order chi connectivity index (χ1) is 9.67. The van der Waals surface area contributed by atoms with Gasteiger partial charge in [0.2, 0.25) is 0 Å². The number of hydrogen-bond acceptors (Lipinski definition) is 5. The number of nitrogens with two attached hydrogens (primary N) is 1. The summed E-state index contributed by atoms with van der Waals surface area (Å²) >= 11 is 0. The summed E-state index contributed by atoms with van der Waals surface area (Å²) in [5, 5.41) is 8.63. The Morgan fingerprint density at radius 1 is 1.45 bits per heavy atom. The van der Waals surface area contributed by atoms with Crippen LogP contribution in [0.25, 0.3) is 5.69 Å². The number of ether oxygens (including phenoxy) is 1. The lowest BCUT2D eigenvalue weighted by Gasteiger charge is -2.06. The average molecular weight is 270 g/mol. The van der Waals surface area contributed by atoms with Crippen LogP contribution in [0.2, 0.25) is 0 Å². The highest BCUT2D eigenvalue weighted by atomic mass is 16.5. The van der Waals surface area contributed by atoms with Gasteiger partial charge < -0.3 is 10.5 Å². The number of imidazole rings is 1. The van der Waals surface area contributed by atoms with Crippen LogP contribution in [0.5, 0.6) is 0 Å². The lowest BCUT2D eigenvalue weighted by atomic mass is 10.1. The summed E-state index contributed by atoms with van der Waals surface area (Å²) in [4.78, 5) is 15.6. The zero-order valence-corrected chi connectivity index (χ0v) is 11.0. The normalized spacial score (nSPS) is 10.0. The number of aromatic nitrogens is 2. The van der Waals surface area contributed by atoms with Crippen molar-refractivity contribution in [2.24, 2.45) is 0 Å². The van der Waals surface area contributed by atoms with Crippen molar-refractivity contribution in [2.45, 2.75) is 13.3 Å². The molecule has 0 radical (unpaired) electrons. The fourth-order valence-corrected chi connectivity index (χ4v) is 1.79. The van der Waals surface area contributed by atoms with Crippen LogP contribution < -0.4 is 5.73 Å². The molecule has 20 heavy (non-hydrogen) atoms. The third-order valence-corrected chi connectivity index (χ3v) is 2.77. The zero-order valence-electron chi connectivity index (χ0n) is 11.0. The van der Waals surface area contributed by atoms with E-state index in [2.05, 4.69) is 11.1 Å². The van der Waals surface area contributed by atoms with Gasteiger partial charge in [0.1, 0.15) is 12.1 Å². The van der Waals surface area contributed by atoms with Crippen molar-refractivity contribution < 1.29 is 9.53 Å². The Labute approximate surface area is 116 Å². The Balaban J connectivity index is 2.30. The van der Waals surface area contributed by atoms with Gasteiger partial charge in [-0.3, -0.25) is 4.57 Å². The first-order valence-electron chi connectivity index (χ1n) is 6.13. The number of nitriles is 1. The molecule has 1 aromatic heterocycles. The lowest BCUT2D eigenvalue weighted by molar-refractivity contribution is 0.0521. The molecule has 6 nitrogen and oxygen atoms in total. The monoisotopic (exact) mass is 270 g/mol. The number of carbonyl (C=O) groups excluding carboxylic acids is 1. The Hall–Kier alpha value is -2.81. The molecule has 0 amide bonds. The molecule has 2 rings (SSSR count). The van der Waals surface area contributed by atoms with Crippen molar-refractivity contribution in [3.8, 4) is 11.8 Å². The number of esters is 1. The molecule has 0 bridgehead atoms. The minimum absolute atomic E-state index is 0.105. The minimum Gasteiger partial charge on any atom is -0.461 e. The van der Waals surface area contributed by atoms with Gasteiger partial charge in [-0.05, 0) is 24.6 Å². The molecule has 0 spiro atoms. The number of anilines is 1. The number of nitrogens with zero attached hydrogens (tertiary/aromatic N) is 3. The molecule has 2 aromatic rings. The maximum atomic E-state index is 11.6. The van der Waals surface area contributed by atoms with E-state index in [0.717, 1.165) is 11.3 Å². The highest BCUT2D eigenvalue weighted by Gasteiger charge is 2.17. The number of rotatable bonds is 4. The van der Waals surface area contributed by atoms with Crippen LogP contribution in [0.4, 0.5) is 5.82 Å². The van der Waals surface area contributed by atoms with Gasteiger partial charge in [0.05, 0.1) is 19.1 Å². The maximum absolute atomic E-state index is 11.6. The Morgan fingerprint density at radius 3 is 2.75 bits per heavy atom. The molecule has 2 N–H and O–H groups in total. The van der Waals surface area contributed by atoms with Gasteiger partial charge in [-0.15, -0.1) is 0 Å². The highest BCUT2D eigenvalue weighted by Crippen LogP contribution is 2.18. The second-order valence-corrected chi connectivity index (χ2v) is 4.07. The molecule has 0 aliphatic rings. The topological polar surface area (TPSA) is 93.9 Å². The van der Waals surface area contributed by atoms with E-state index in [1.807, 2.05) is 24.3 Å². The summed E-state index contributed by atoms with van der Waals surface area (Å²) in [5.41, 5.74) is 7.70. The SMILES string of the molecule is CCOC(=O)c1ncn(-c2ccc(CC#N)cc2)c1N. The van der Waals surface area contributed by atoms with Gasteiger partial charge >= 0.3 is 5.97 Å². The van der Waals surface area contributed by atoms with Crippen LogP contribution >= 0.6 is 0 Å². The molecule has 1 heterocycles. The average Bonchev–Trinajstić information content (AvgIpc) is 2.82. The molecule has 0 saturated heterocycles. The molecule has 6 heteroatoms. The van der Waals surface area contributed by atoms with E-state index in [-0.39, 0.29) is 18.1 Å². The van der Waals surface area contributed by atoms with E-state index in [1.54, 1.807) is 11.5 Å². The summed E-state index contributed by atoms with van der Waals surface area (Å²) in [6.07, 6.45) is 1.83. The molecule has 0 fully saturated rings. The molecule has 1 aromatic carbocycles. The van der Waals surface area contributed by atoms with Crippen LogP contribution in [-0.4, -0.2) is 22.1 Å². The first kappa shape index (κ1) is 13.6. The summed E-state index contributed by atoms with van der Waals surface area (Å²) in [7, 11) is 0. The van der Waals surface area contributed by atoms with E-state index in [1.165, 1.54) is 6.33 Å². The van der Waals surface area contributed by atoms with Gasteiger partial charge in [0, 0.05) is 5.69 Å². The lowest BCUT2D eigenvalue weighted by Crippen LogP contribution is -2.09. The van der Waals surface area contributed by atoms with Crippen molar-refractivity contribution in [3.05, 3.63) is 41.9 Å². The predicted octanol–water partition coefficient (Wildman–Crippen LogP) is 1.70.